The number of benzene rings is 1. The van der Waals surface area contributed by atoms with E-state index in [4.69, 9.17) is 0 Å². The summed E-state index contributed by atoms with van der Waals surface area (Å²) < 4.78 is 2.81. The Bertz CT molecular complexity index is 651. The number of nitrogens with one attached hydrogen (secondary N) is 1. The molecule has 1 unspecified atom stereocenters. The predicted octanol–water partition coefficient (Wildman–Crippen LogP) is 1.82. The number of fused-ring (bicyclic) bond motifs is 1. The van der Waals surface area contributed by atoms with Gasteiger partial charge in [-0.2, -0.15) is 0 Å². The van der Waals surface area contributed by atoms with Crippen LogP contribution in [0.15, 0.2) is 23.0 Å². The first-order chi connectivity index (χ1) is 9.15. The number of nitrogens with zero attached hydrogens (tertiary/aromatic N) is 2. The van der Waals surface area contributed by atoms with Crippen molar-refractivity contribution < 1.29 is 0 Å². The van der Waals surface area contributed by atoms with Crippen molar-refractivity contribution >= 4 is 34.0 Å². The molecule has 3 rings (SSSR count). The Morgan fingerprint density at radius 1 is 1.45 bits per heavy atom. The van der Waals surface area contributed by atoms with Crippen molar-refractivity contribution in [1.29, 1.82) is 0 Å². The molecule has 2 aromatic rings. The van der Waals surface area contributed by atoms with E-state index in [-0.39, 0.29) is 17.3 Å². The van der Waals surface area contributed by atoms with Crippen LogP contribution in [-0.4, -0.2) is 35.1 Å². The summed E-state index contributed by atoms with van der Waals surface area (Å²) in [5.41, 5.74) is 2.33. The fraction of sp³-hybridized carbons (Fsp3) is 0.500. The average molecular weight is 314 g/mol. The van der Waals surface area contributed by atoms with Crippen molar-refractivity contribution in [3.05, 3.63) is 33.4 Å². The van der Waals surface area contributed by atoms with E-state index in [9.17, 15) is 4.79 Å². The summed E-state index contributed by atoms with van der Waals surface area (Å²) in [6.45, 7) is 6.43. The van der Waals surface area contributed by atoms with E-state index in [1.54, 1.807) is 4.57 Å². The number of hydrogen-bond acceptors (Lipinski definition) is 4. The molecule has 6 heteroatoms. The molecule has 1 saturated heterocycles. The highest BCUT2D eigenvalue weighted by Crippen LogP contribution is 2.20. The van der Waals surface area contributed by atoms with Crippen LogP contribution in [0.4, 0.5) is 0 Å². The number of aryl methyl sites for hydroxylation is 1. The number of hydrogen-bond donors (Lipinski definition) is 1. The van der Waals surface area contributed by atoms with Gasteiger partial charge in [0.25, 0.3) is 0 Å². The minimum Gasteiger partial charge on any atom is -0.314 e. The van der Waals surface area contributed by atoms with Crippen molar-refractivity contribution in [1.82, 2.24) is 14.8 Å². The number of piperazine rings is 1. The molecule has 0 amide bonds. The zero-order chi connectivity index (χ0) is 13.4. The second-order valence-corrected chi connectivity index (χ2v) is 6.25. The van der Waals surface area contributed by atoms with Gasteiger partial charge in [0.1, 0.15) is 0 Å². The van der Waals surface area contributed by atoms with Crippen LogP contribution in [0, 0.1) is 0 Å². The van der Waals surface area contributed by atoms with Gasteiger partial charge in [0.2, 0.25) is 0 Å². The Kier molecular flexibility index (Phi) is 4.86. The Morgan fingerprint density at radius 2 is 2.25 bits per heavy atom. The second-order valence-electron chi connectivity index (χ2n) is 5.25. The maximum Gasteiger partial charge on any atom is 0.307 e. The van der Waals surface area contributed by atoms with Crippen LogP contribution in [0.3, 0.4) is 0 Å². The Hall–Kier alpha value is -0.880. The second kappa shape index (κ2) is 6.26. The number of thiazole rings is 1. The van der Waals surface area contributed by atoms with Gasteiger partial charge in [-0.15, -0.1) is 12.4 Å². The average Bonchev–Trinajstić information content (AvgIpc) is 2.68. The molecule has 1 fully saturated rings. The van der Waals surface area contributed by atoms with Crippen molar-refractivity contribution in [3.63, 3.8) is 0 Å². The van der Waals surface area contributed by atoms with Crippen molar-refractivity contribution in [2.24, 2.45) is 7.05 Å². The van der Waals surface area contributed by atoms with E-state index in [1.165, 1.54) is 16.9 Å². The normalized spacial score (nSPS) is 20.0. The van der Waals surface area contributed by atoms with E-state index in [2.05, 4.69) is 35.3 Å². The molecule has 20 heavy (non-hydrogen) atoms. The van der Waals surface area contributed by atoms with Gasteiger partial charge in [0, 0.05) is 39.3 Å². The zero-order valence-electron chi connectivity index (χ0n) is 11.8. The highest BCUT2D eigenvalue weighted by atomic mass is 35.5. The summed E-state index contributed by atoms with van der Waals surface area (Å²) in [5.74, 6) is 0. The summed E-state index contributed by atoms with van der Waals surface area (Å²) in [4.78, 5) is 14.3. The molecular formula is C14H20ClN3OS. The molecule has 0 radical (unpaired) electrons. The predicted molar refractivity (Wildman–Crippen MR) is 87.1 cm³/mol. The van der Waals surface area contributed by atoms with Gasteiger partial charge in [0.05, 0.1) is 10.2 Å². The van der Waals surface area contributed by atoms with Crippen molar-refractivity contribution in [2.75, 3.05) is 19.6 Å². The van der Waals surface area contributed by atoms with Crippen molar-refractivity contribution in [3.8, 4) is 0 Å². The summed E-state index contributed by atoms with van der Waals surface area (Å²) in [6, 6.07) is 6.94. The van der Waals surface area contributed by atoms with Crippen LogP contribution in [0.1, 0.15) is 12.5 Å². The van der Waals surface area contributed by atoms with Gasteiger partial charge in [-0.05, 0) is 24.6 Å². The third kappa shape index (κ3) is 2.91. The van der Waals surface area contributed by atoms with Gasteiger partial charge in [0.15, 0.2) is 0 Å². The molecule has 110 valence electrons. The largest absolute Gasteiger partial charge is 0.314 e. The molecule has 1 atom stereocenters. The lowest BCUT2D eigenvalue weighted by molar-refractivity contribution is 0.166. The van der Waals surface area contributed by atoms with Crippen LogP contribution in [-0.2, 0) is 13.6 Å². The first-order valence-electron chi connectivity index (χ1n) is 6.68. The lowest BCUT2D eigenvalue weighted by Crippen LogP contribution is -2.49. The number of aromatic nitrogens is 1. The molecule has 0 aliphatic carbocycles. The van der Waals surface area contributed by atoms with Crippen LogP contribution in [0.2, 0.25) is 0 Å². The molecule has 1 N–H and O–H groups in total. The first-order valence-corrected chi connectivity index (χ1v) is 7.50. The van der Waals surface area contributed by atoms with Crippen LogP contribution in [0.5, 0.6) is 0 Å². The maximum absolute atomic E-state index is 11.7. The topological polar surface area (TPSA) is 37.3 Å². The van der Waals surface area contributed by atoms with E-state index < -0.39 is 0 Å². The molecule has 4 nitrogen and oxygen atoms in total. The molecule has 1 aliphatic heterocycles. The highest BCUT2D eigenvalue weighted by molar-refractivity contribution is 7.16. The Balaban J connectivity index is 0.00000147. The van der Waals surface area contributed by atoms with Gasteiger partial charge in [-0.1, -0.05) is 17.4 Å². The third-order valence-electron chi connectivity index (χ3n) is 3.88. The SMILES string of the molecule is CC1CNCCN1Cc1ccc2c(c1)sc(=O)n2C.Cl. The van der Waals surface area contributed by atoms with Crippen LogP contribution in [0.25, 0.3) is 10.2 Å². The summed E-state index contributed by atoms with van der Waals surface area (Å²) in [6.07, 6.45) is 0. The smallest absolute Gasteiger partial charge is 0.307 e. The standard InChI is InChI=1S/C14H19N3OS.ClH/c1-10-8-15-5-6-17(10)9-11-3-4-12-13(7-11)19-14(18)16(12)2;/h3-4,7,10,15H,5-6,8-9H2,1-2H3;1H. The minimum atomic E-state index is 0. The fourth-order valence-electron chi connectivity index (χ4n) is 2.63. The third-order valence-corrected chi connectivity index (χ3v) is 4.88. The molecule has 0 spiro atoms. The zero-order valence-corrected chi connectivity index (χ0v) is 13.4. The van der Waals surface area contributed by atoms with Gasteiger partial charge in [-0.25, -0.2) is 0 Å². The molecular weight excluding hydrogens is 294 g/mol. The Morgan fingerprint density at radius 3 is 3.00 bits per heavy atom. The van der Waals surface area contributed by atoms with E-state index >= 15 is 0 Å². The van der Waals surface area contributed by atoms with E-state index in [0.29, 0.717) is 6.04 Å². The minimum absolute atomic E-state index is 0. The van der Waals surface area contributed by atoms with Gasteiger partial charge < -0.3 is 9.88 Å². The van der Waals surface area contributed by atoms with E-state index in [0.717, 1.165) is 36.4 Å². The van der Waals surface area contributed by atoms with Crippen molar-refractivity contribution in [2.45, 2.75) is 19.5 Å². The highest BCUT2D eigenvalue weighted by Gasteiger charge is 2.18. The first kappa shape index (κ1) is 15.5. The maximum atomic E-state index is 11.7. The monoisotopic (exact) mass is 313 g/mol. The Labute approximate surface area is 128 Å². The van der Waals surface area contributed by atoms with Crippen LogP contribution >= 0.6 is 23.7 Å². The molecule has 2 heterocycles. The molecule has 1 aliphatic rings. The summed E-state index contributed by atoms with van der Waals surface area (Å²) >= 11 is 1.33. The summed E-state index contributed by atoms with van der Waals surface area (Å²) in [5, 5.41) is 3.41. The number of rotatable bonds is 2. The van der Waals surface area contributed by atoms with Gasteiger partial charge >= 0.3 is 4.87 Å². The van der Waals surface area contributed by atoms with E-state index in [1.807, 2.05) is 7.05 Å². The van der Waals surface area contributed by atoms with Gasteiger partial charge in [-0.3, -0.25) is 9.69 Å². The summed E-state index contributed by atoms with van der Waals surface area (Å²) in [7, 11) is 1.83. The fourth-order valence-corrected chi connectivity index (χ4v) is 3.57. The molecule has 1 aromatic carbocycles. The lowest BCUT2D eigenvalue weighted by atomic mass is 10.1. The molecule has 0 bridgehead atoms. The number of halogens is 1. The molecule has 1 aromatic heterocycles. The van der Waals surface area contributed by atoms with Crippen LogP contribution < -0.4 is 10.2 Å². The molecule has 0 saturated carbocycles. The lowest BCUT2D eigenvalue weighted by Gasteiger charge is -2.33. The quantitative estimate of drug-likeness (QED) is 0.919.